The molecule has 5 rings (SSSR count). The van der Waals surface area contributed by atoms with Gasteiger partial charge in [0.15, 0.2) is 0 Å². The number of nitrogens with one attached hydrogen (secondary N) is 1. The Morgan fingerprint density at radius 2 is 1.35 bits per heavy atom. The molecule has 1 unspecified atom stereocenters. The maximum atomic E-state index is 13.4. The van der Waals surface area contributed by atoms with Gasteiger partial charge in [0.1, 0.15) is 6.04 Å². The van der Waals surface area contributed by atoms with Crippen molar-refractivity contribution >= 4 is 5.91 Å². The highest BCUT2D eigenvalue weighted by Gasteiger charge is 2.33. The quantitative estimate of drug-likeness (QED) is 0.709. The first-order valence-corrected chi connectivity index (χ1v) is 11.3. The van der Waals surface area contributed by atoms with E-state index in [0.717, 1.165) is 44.7 Å². The van der Waals surface area contributed by atoms with Crippen LogP contribution in [0, 0.1) is 0 Å². The number of nitrogens with zero attached hydrogens (tertiary/aromatic N) is 2. The smallest absolute Gasteiger partial charge is 0.244 e. The molecule has 1 saturated heterocycles. The van der Waals surface area contributed by atoms with E-state index in [9.17, 15) is 4.79 Å². The molecule has 0 radical (unpaired) electrons. The maximum absolute atomic E-state index is 13.4. The van der Waals surface area contributed by atoms with Crippen molar-refractivity contribution in [3.63, 3.8) is 0 Å². The van der Waals surface area contributed by atoms with Gasteiger partial charge in [-0.05, 0) is 28.7 Å². The molecule has 2 aliphatic rings. The van der Waals surface area contributed by atoms with Crippen molar-refractivity contribution in [2.45, 2.75) is 18.5 Å². The highest BCUT2D eigenvalue weighted by atomic mass is 16.2. The van der Waals surface area contributed by atoms with Crippen molar-refractivity contribution in [1.82, 2.24) is 15.1 Å². The minimum absolute atomic E-state index is 0.211. The van der Waals surface area contributed by atoms with Crippen LogP contribution in [-0.2, 0) is 11.2 Å². The van der Waals surface area contributed by atoms with Crippen LogP contribution < -0.4 is 5.32 Å². The molecule has 2 heterocycles. The van der Waals surface area contributed by atoms with E-state index in [2.05, 4.69) is 89.1 Å². The van der Waals surface area contributed by atoms with Gasteiger partial charge in [0, 0.05) is 32.7 Å². The summed E-state index contributed by atoms with van der Waals surface area (Å²) in [5.74, 6) is 0.211. The highest BCUT2D eigenvalue weighted by molar-refractivity contribution is 5.84. The predicted octanol–water partition coefficient (Wildman–Crippen LogP) is 3.81. The number of carbonyl (C=O) groups is 1. The lowest BCUT2D eigenvalue weighted by molar-refractivity contribution is -0.135. The Labute approximate surface area is 184 Å². The third kappa shape index (κ3) is 4.14. The van der Waals surface area contributed by atoms with Crippen LogP contribution in [0.2, 0.25) is 0 Å². The molecule has 3 aromatic rings. The molecule has 0 saturated carbocycles. The Morgan fingerprint density at radius 3 is 2.00 bits per heavy atom. The number of hydrogen-bond acceptors (Lipinski definition) is 3. The Balaban J connectivity index is 1.32. The summed E-state index contributed by atoms with van der Waals surface area (Å²) in [7, 11) is 0. The Hall–Kier alpha value is -2.95. The normalized spacial score (nSPS) is 19.3. The minimum Gasteiger partial charge on any atom is -0.338 e. The second-order valence-corrected chi connectivity index (χ2v) is 8.42. The molecule has 0 aliphatic carbocycles. The summed E-state index contributed by atoms with van der Waals surface area (Å²) in [6.07, 6.45) is 0.990. The van der Waals surface area contributed by atoms with E-state index < -0.39 is 0 Å². The summed E-state index contributed by atoms with van der Waals surface area (Å²) in [5.41, 5.74) is 5.05. The van der Waals surface area contributed by atoms with Gasteiger partial charge in [-0.25, -0.2) is 0 Å². The third-order valence-corrected chi connectivity index (χ3v) is 6.58. The van der Waals surface area contributed by atoms with E-state index in [1.165, 1.54) is 16.7 Å². The molecule has 1 fully saturated rings. The van der Waals surface area contributed by atoms with E-state index in [4.69, 9.17) is 0 Å². The Morgan fingerprint density at radius 1 is 0.774 bits per heavy atom. The molecular weight excluding hydrogens is 382 g/mol. The molecule has 1 atom stereocenters. The molecule has 31 heavy (non-hydrogen) atoms. The first-order chi connectivity index (χ1) is 15.3. The van der Waals surface area contributed by atoms with Gasteiger partial charge in [-0.3, -0.25) is 9.69 Å². The number of rotatable bonds is 4. The fraction of sp³-hybridized carbons (Fsp3) is 0.296. The summed E-state index contributed by atoms with van der Waals surface area (Å²) < 4.78 is 0. The third-order valence-electron chi connectivity index (χ3n) is 6.58. The summed E-state index contributed by atoms with van der Waals surface area (Å²) >= 11 is 0. The lowest BCUT2D eigenvalue weighted by Crippen LogP contribution is -2.53. The molecule has 1 amide bonds. The number of carbonyl (C=O) groups excluding carboxylic acids is 1. The number of benzene rings is 3. The van der Waals surface area contributed by atoms with E-state index in [1.54, 1.807) is 0 Å². The van der Waals surface area contributed by atoms with Crippen LogP contribution in [-0.4, -0.2) is 48.4 Å². The first-order valence-electron chi connectivity index (χ1n) is 11.3. The van der Waals surface area contributed by atoms with E-state index in [1.807, 2.05) is 11.0 Å². The Bertz CT molecular complexity index is 973. The SMILES string of the molecule is O=C(C1NCCc2ccccc21)N1CCN(C(c2ccccc2)c2ccccc2)CC1. The van der Waals surface area contributed by atoms with Gasteiger partial charge in [0.2, 0.25) is 5.91 Å². The van der Waals surface area contributed by atoms with Gasteiger partial charge >= 0.3 is 0 Å². The molecule has 1 N–H and O–H groups in total. The second-order valence-electron chi connectivity index (χ2n) is 8.42. The summed E-state index contributed by atoms with van der Waals surface area (Å²) in [4.78, 5) is 17.9. The largest absolute Gasteiger partial charge is 0.338 e. The zero-order chi connectivity index (χ0) is 21.0. The van der Waals surface area contributed by atoms with Crippen molar-refractivity contribution in [2.24, 2.45) is 0 Å². The Kier molecular flexibility index (Phi) is 5.83. The fourth-order valence-corrected chi connectivity index (χ4v) is 4.99. The summed E-state index contributed by atoms with van der Waals surface area (Å²) in [5, 5.41) is 3.45. The molecule has 0 aromatic heterocycles. The molecule has 4 nitrogen and oxygen atoms in total. The average molecular weight is 412 g/mol. The lowest BCUT2D eigenvalue weighted by Gasteiger charge is -2.41. The van der Waals surface area contributed by atoms with Crippen LogP contribution in [0.5, 0.6) is 0 Å². The standard InChI is InChI=1S/C27H29N3O/c31-27(25-24-14-8-7-9-21(24)15-16-28-25)30-19-17-29(18-20-30)26(22-10-3-1-4-11-22)23-12-5-2-6-13-23/h1-14,25-26,28H,15-20H2. The zero-order valence-electron chi connectivity index (χ0n) is 17.8. The topological polar surface area (TPSA) is 35.6 Å². The van der Waals surface area contributed by atoms with Crippen LogP contribution in [0.25, 0.3) is 0 Å². The number of piperazine rings is 1. The van der Waals surface area contributed by atoms with Gasteiger partial charge in [0.25, 0.3) is 0 Å². The van der Waals surface area contributed by atoms with Crippen molar-refractivity contribution < 1.29 is 4.79 Å². The maximum Gasteiger partial charge on any atom is 0.244 e. The molecule has 158 valence electrons. The molecule has 0 bridgehead atoms. The van der Waals surface area contributed by atoms with Gasteiger partial charge < -0.3 is 10.2 Å². The van der Waals surface area contributed by atoms with Crippen molar-refractivity contribution in [3.05, 3.63) is 107 Å². The zero-order valence-corrected chi connectivity index (χ0v) is 17.8. The van der Waals surface area contributed by atoms with Crippen molar-refractivity contribution in [1.29, 1.82) is 0 Å². The van der Waals surface area contributed by atoms with Crippen LogP contribution >= 0.6 is 0 Å². The van der Waals surface area contributed by atoms with Gasteiger partial charge in [0.05, 0.1) is 6.04 Å². The summed E-state index contributed by atoms with van der Waals surface area (Å²) in [6.45, 7) is 4.12. The fourth-order valence-electron chi connectivity index (χ4n) is 4.99. The average Bonchev–Trinajstić information content (AvgIpc) is 2.85. The van der Waals surface area contributed by atoms with Crippen LogP contribution in [0.3, 0.4) is 0 Å². The van der Waals surface area contributed by atoms with Crippen LogP contribution in [0.1, 0.15) is 34.3 Å². The van der Waals surface area contributed by atoms with E-state index >= 15 is 0 Å². The van der Waals surface area contributed by atoms with Gasteiger partial charge in [-0.2, -0.15) is 0 Å². The molecule has 2 aliphatic heterocycles. The first kappa shape index (κ1) is 20.0. The predicted molar refractivity (Wildman–Crippen MR) is 124 cm³/mol. The monoisotopic (exact) mass is 411 g/mol. The van der Waals surface area contributed by atoms with Gasteiger partial charge in [-0.15, -0.1) is 0 Å². The lowest BCUT2D eigenvalue weighted by atomic mass is 9.93. The minimum atomic E-state index is -0.212. The second kappa shape index (κ2) is 9.04. The summed E-state index contributed by atoms with van der Waals surface area (Å²) in [6, 6.07) is 29.7. The number of hydrogen-bond donors (Lipinski definition) is 1. The molecular formula is C27H29N3O. The number of fused-ring (bicyclic) bond motifs is 1. The molecule has 3 aromatic carbocycles. The van der Waals surface area contributed by atoms with E-state index in [0.29, 0.717) is 0 Å². The van der Waals surface area contributed by atoms with Crippen LogP contribution in [0.15, 0.2) is 84.9 Å². The molecule has 4 heteroatoms. The van der Waals surface area contributed by atoms with Crippen LogP contribution in [0.4, 0.5) is 0 Å². The number of amides is 1. The van der Waals surface area contributed by atoms with Gasteiger partial charge in [-0.1, -0.05) is 84.9 Å². The van der Waals surface area contributed by atoms with Crippen molar-refractivity contribution in [3.8, 4) is 0 Å². The highest BCUT2D eigenvalue weighted by Crippen LogP contribution is 2.30. The molecule has 0 spiro atoms. The van der Waals surface area contributed by atoms with Crippen molar-refractivity contribution in [2.75, 3.05) is 32.7 Å². The van der Waals surface area contributed by atoms with E-state index in [-0.39, 0.29) is 18.0 Å².